The van der Waals surface area contributed by atoms with Crippen molar-refractivity contribution in [3.8, 4) is 0 Å². The topological polar surface area (TPSA) is 111 Å². The maximum Gasteiger partial charge on any atom is 0.329 e. The second kappa shape index (κ2) is 12.5. The fourth-order valence-corrected chi connectivity index (χ4v) is 3.61. The Labute approximate surface area is 148 Å². The molecule has 0 spiro atoms. The van der Waals surface area contributed by atoms with E-state index in [4.69, 9.17) is 0 Å². The van der Waals surface area contributed by atoms with Crippen LogP contribution in [0.2, 0.25) is 0 Å². The fraction of sp³-hybridized carbons (Fsp3) is 0.429. The van der Waals surface area contributed by atoms with Crippen molar-refractivity contribution in [3.05, 3.63) is 25.3 Å². The molecule has 0 aromatic carbocycles. The fourth-order valence-electron chi connectivity index (χ4n) is 1.32. The lowest BCUT2D eigenvalue weighted by Crippen LogP contribution is -2.43. The van der Waals surface area contributed by atoms with Gasteiger partial charge in [0.15, 0.2) is 0 Å². The number of hydrogen-bond donors (Lipinski definition) is 2. The Morgan fingerprint density at radius 1 is 0.875 bits per heavy atom. The lowest BCUT2D eigenvalue weighted by atomic mass is 10.3. The summed E-state index contributed by atoms with van der Waals surface area (Å²) >= 11 is 0. The van der Waals surface area contributed by atoms with Gasteiger partial charge in [0.05, 0.1) is 14.2 Å². The molecule has 0 heterocycles. The molecule has 24 heavy (non-hydrogen) atoms. The van der Waals surface area contributed by atoms with E-state index >= 15 is 0 Å². The molecule has 0 saturated carbocycles. The molecule has 0 aliphatic heterocycles. The molecule has 0 aromatic rings. The predicted molar refractivity (Wildman–Crippen MR) is 93.2 cm³/mol. The van der Waals surface area contributed by atoms with Crippen LogP contribution in [0.5, 0.6) is 0 Å². The predicted octanol–water partition coefficient (Wildman–Crippen LogP) is 0.0554. The molecule has 0 aromatic heterocycles. The van der Waals surface area contributed by atoms with Crippen LogP contribution in [-0.4, -0.2) is 61.6 Å². The van der Waals surface area contributed by atoms with Crippen molar-refractivity contribution >= 4 is 45.3 Å². The van der Waals surface area contributed by atoms with Gasteiger partial charge in [0.1, 0.15) is 12.1 Å². The summed E-state index contributed by atoms with van der Waals surface area (Å²) in [7, 11) is 4.89. The van der Waals surface area contributed by atoms with Crippen LogP contribution < -0.4 is 10.6 Å². The number of hydrogen-bond acceptors (Lipinski definition) is 8. The average Bonchev–Trinajstić information content (AvgIpc) is 2.60. The van der Waals surface area contributed by atoms with Crippen LogP contribution >= 0.6 is 21.6 Å². The Hall–Kier alpha value is -1.94. The van der Waals surface area contributed by atoms with Gasteiger partial charge in [0.25, 0.3) is 0 Å². The van der Waals surface area contributed by atoms with Crippen LogP contribution in [0.1, 0.15) is 0 Å². The van der Waals surface area contributed by atoms with E-state index < -0.39 is 35.8 Å². The Kier molecular flexibility index (Phi) is 11.5. The van der Waals surface area contributed by atoms with Crippen molar-refractivity contribution < 1.29 is 28.7 Å². The van der Waals surface area contributed by atoms with Gasteiger partial charge in [-0.1, -0.05) is 34.7 Å². The zero-order chi connectivity index (χ0) is 18.5. The Morgan fingerprint density at radius 2 is 1.21 bits per heavy atom. The minimum absolute atomic E-state index is 0.209. The first-order valence-corrected chi connectivity index (χ1v) is 9.14. The summed E-state index contributed by atoms with van der Waals surface area (Å²) in [5.41, 5.74) is 0. The quantitative estimate of drug-likeness (QED) is 0.225. The zero-order valence-corrected chi connectivity index (χ0v) is 15.0. The van der Waals surface area contributed by atoms with E-state index in [1.165, 1.54) is 35.8 Å². The lowest BCUT2D eigenvalue weighted by molar-refractivity contribution is -0.144. The molecule has 0 saturated heterocycles. The Morgan fingerprint density at radius 3 is 1.46 bits per heavy atom. The van der Waals surface area contributed by atoms with Gasteiger partial charge >= 0.3 is 11.9 Å². The van der Waals surface area contributed by atoms with E-state index in [0.717, 1.165) is 12.2 Å². The minimum Gasteiger partial charge on any atom is -0.467 e. The summed E-state index contributed by atoms with van der Waals surface area (Å²) in [5, 5.41) is 4.88. The molecular weight excluding hydrogens is 356 g/mol. The lowest BCUT2D eigenvalue weighted by Gasteiger charge is -2.17. The average molecular weight is 376 g/mol. The number of ether oxygens (including phenoxy) is 2. The molecule has 2 atom stereocenters. The van der Waals surface area contributed by atoms with Crippen LogP contribution in [-0.2, 0) is 28.7 Å². The highest BCUT2D eigenvalue weighted by atomic mass is 33.1. The molecular formula is C14H20N2O6S2. The standard InChI is InChI=1S/C14H20N2O6S2/c1-5-11(17)15-9(13(19)21-3)7-23-24-8-10(14(20)22-4)16-12(18)6-2/h5-6,9-10H,1-2,7-8H2,3-4H3,(H,15,17)(H,16,18)/t9-,10-/m0/s1. The van der Waals surface area contributed by atoms with E-state index in [9.17, 15) is 19.2 Å². The van der Waals surface area contributed by atoms with Gasteiger partial charge < -0.3 is 20.1 Å². The van der Waals surface area contributed by atoms with Gasteiger partial charge in [-0.25, -0.2) is 9.59 Å². The highest BCUT2D eigenvalue weighted by Crippen LogP contribution is 2.23. The number of amides is 2. The van der Waals surface area contributed by atoms with Crippen molar-refractivity contribution in [3.63, 3.8) is 0 Å². The summed E-state index contributed by atoms with van der Waals surface area (Å²) in [6.07, 6.45) is 2.09. The van der Waals surface area contributed by atoms with E-state index in [2.05, 4.69) is 33.3 Å². The smallest absolute Gasteiger partial charge is 0.329 e. The molecule has 2 N–H and O–H groups in total. The first-order chi connectivity index (χ1) is 11.4. The molecule has 0 unspecified atom stereocenters. The number of carbonyl (C=O) groups excluding carboxylic acids is 4. The van der Waals surface area contributed by atoms with E-state index in [-0.39, 0.29) is 11.5 Å². The second-order valence-electron chi connectivity index (χ2n) is 4.15. The van der Waals surface area contributed by atoms with Crippen LogP contribution in [0.15, 0.2) is 25.3 Å². The Bertz CT molecular complexity index is 454. The summed E-state index contributed by atoms with van der Waals surface area (Å²) < 4.78 is 9.21. The normalized spacial score (nSPS) is 12.2. The van der Waals surface area contributed by atoms with E-state index in [1.54, 1.807) is 0 Å². The number of nitrogens with one attached hydrogen (secondary N) is 2. The monoisotopic (exact) mass is 376 g/mol. The summed E-state index contributed by atoms with van der Waals surface area (Å²) in [5.74, 6) is -1.77. The second-order valence-corrected chi connectivity index (χ2v) is 6.70. The third kappa shape index (κ3) is 8.63. The van der Waals surface area contributed by atoms with Crippen molar-refractivity contribution in [2.24, 2.45) is 0 Å². The summed E-state index contributed by atoms with van der Waals surface area (Å²) in [6.45, 7) is 6.61. The number of esters is 2. The molecule has 2 amide bonds. The first kappa shape index (κ1) is 22.1. The summed E-state index contributed by atoms with van der Waals surface area (Å²) in [6, 6.07) is -1.70. The Balaban J connectivity index is 4.50. The third-order valence-corrected chi connectivity index (χ3v) is 4.95. The largest absolute Gasteiger partial charge is 0.467 e. The van der Waals surface area contributed by atoms with E-state index in [0.29, 0.717) is 0 Å². The van der Waals surface area contributed by atoms with Gasteiger partial charge in [-0.2, -0.15) is 0 Å². The van der Waals surface area contributed by atoms with Crippen molar-refractivity contribution in [1.29, 1.82) is 0 Å². The van der Waals surface area contributed by atoms with Crippen LogP contribution in [0.3, 0.4) is 0 Å². The van der Waals surface area contributed by atoms with Gasteiger partial charge in [-0.15, -0.1) is 0 Å². The van der Waals surface area contributed by atoms with Crippen molar-refractivity contribution in [1.82, 2.24) is 10.6 Å². The van der Waals surface area contributed by atoms with Crippen LogP contribution in [0.25, 0.3) is 0 Å². The number of methoxy groups -OCH3 is 2. The highest BCUT2D eigenvalue weighted by molar-refractivity contribution is 8.76. The minimum atomic E-state index is -0.850. The van der Waals surface area contributed by atoms with Crippen LogP contribution in [0, 0.1) is 0 Å². The molecule has 0 aliphatic rings. The first-order valence-electron chi connectivity index (χ1n) is 6.65. The SMILES string of the molecule is C=CC(=O)N[C@@H](CSSC[C@H](NC(=O)C=C)C(=O)OC)C(=O)OC. The summed E-state index contributed by atoms with van der Waals surface area (Å²) in [4.78, 5) is 45.8. The number of carbonyl (C=O) groups is 4. The van der Waals surface area contributed by atoms with Gasteiger partial charge in [-0.05, 0) is 12.2 Å². The zero-order valence-electron chi connectivity index (χ0n) is 13.4. The van der Waals surface area contributed by atoms with E-state index in [1.807, 2.05) is 0 Å². The third-order valence-electron chi connectivity index (χ3n) is 2.53. The number of rotatable bonds is 11. The van der Waals surface area contributed by atoms with Crippen molar-refractivity contribution in [2.45, 2.75) is 12.1 Å². The van der Waals surface area contributed by atoms with Crippen LogP contribution in [0.4, 0.5) is 0 Å². The molecule has 134 valence electrons. The van der Waals surface area contributed by atoms with Crippen molar-refractivity contribution in [2.75, 3.05) is 25.7 Å². The maximum atomic E-state index is 11.6. The van der Waals surface area contributed by atoms with Gasteiger partial charge in [0.2, 0.25) is 11.8 Å². The maximum absolute atomic E-state index is 11.6. The highest BCUT2D eigenvalue weighted by Gasteiger charge is 2.23. The molecule has 0 bridgehead atoms. The molecule has 8 nitrogen and oxygen atoms in total. The molecule has 10 heteroatoms. The molecule has 0 aliphatic carbocycles. The van der Waals surface area contributed by atoms with Gasteiger partial charge in [0, 0.05) is 11.5 Å². The molecule has 0 fully saturated rings. The van der Waals surface area contributed by atoms with Gasteiger partial charge in [-0.3, -0.25) is 9.59 Å². The molecule has 0 rings (SSSR count). The molecule has 0 radical (unpaired) electrons.